The number of benzene rings is 2. The Kier molecular flexibility index (Phi) is 7.02. The van der Waals surface area contributed by atoms with Gasteiger partial charge in [-0.15, -0.1) is 0 Å². The summed E-state index contributed by atoms with van der Waals surface area (Å²) < 4.78 is 28.2. The summed E-state index contributed by atoms with van der Waals surface area (Å²) in [6.07, 6.45) is 4.31. The Balaban J connectivity index is 1.55. The molecule has 1 aromatic heterocycles. The second-order valence-corrected chi connectivity index (χ2v) is 8.67. The van der Waals surface area contributed by atoms with Crippen LogP contribution in [0.2, 0.25) is 0 Å². The summed E-state index contributed by atoms with van der Waals surface area (Å²) in [6, 6.07) is 15.9. The maximum absolute atomic E-state index is 12.5. The normalized spacial score (nSPS) is 11.6. The van der Waals surface area contributed by atoms with Crippen molar-refractivity contribution in [2.75, 3.05) is 19.6 Å². The zero-order chi connectivity index (χ0) is 21.6. The lowest BCUT2D eigenvalue weighted by molar-refractivity contribution is 0.0954. The van der Waals surface area contributed by atoms with Crippen molar-refractivity contribution in [2.24, 2.45) is 0 Å². The number of nitrogens with one attached hydrogen (secondary N) is 1. The first kappa shape index (κ1) is 21.7. The highest BCUT2D eigenvalue weighted by atomic mass is 32.2. The van der Waals surface area contributed by atoms with E-state index in [1.165, 1.54) is 16.4 Å². The van der Waals surface area contributed by atoms with Gasteiger partial charge >= 0.3 is 0 Å². The summed E-state index contributed by atoms with van der Waals surface area (Å²) in [6.45, 7) is 4.90. The smallest absolute Gasteiger partial charge is 0.251 e. The number of hydrogen-bond donors (Lipinski definition) is 1. The Morgan fingerprint density at radius 1 is 1.03 bits per heavy atom. The molecule has 1 amide bonds. The molecule has 0 atom stereocenters. The first-order valence-corrected chi connectivity index (χ1v) is 11.4. The molecule has 0 spiro atoms. The molecule has 0 saturated heterocycles. The Hall–Kier alpha value is -2.97. The fraction of sp³-hybridized carbons (Fsp3) is 0.273. The molecule has 30 heavy (non-hydrogen) atoms. The highest BCUT2D eigenvalue weighted by Crippen LogP contribution is 2.16. The molecule has 0 aliphatic rings. The van der Waals surface area contributed by atoms with E-state index in [-0.39, 0.29) is 10.8 Å². The van der Waals surface area contributed by atoms with Gasteiger partial charge in [0.1, 0.15) is 0 Å². The minimum absolute atomic E-state index is 0.194. The van der Waals surface area contributed by atoms with Crippen LogP contribution in [-0.4, -0.2) is 48.0 Å². The van der Waals surface area contributed by atoms with Crippen LogP contribution in [-0.2, 0) is 16.4 Å². The molecular formula is C22H26N4O3S. The van der Waals surface area contributed by atoms with Crippen LogP contribution in [0.25, 0.3) is 5.69 Å². The van der Waals surface area contributed by atoms with Crippen LogP contribution in [0.4, 0.5) is 0 Å². The largest absolute Gasteiger partial charge is 0.352 e. The average molecular weight is 427 g/mol. The van der Waals surface area contributed by atoms with Gasteiger partial charge in [-0.2, -0.15) is 9.40 Å². The Morgan fingerprint density at radius 3 is 2.27 bits per heavy atom. The number of nitrogens with zero attached hydrogens (tertiary/aromatic N) is 3. The number of carbonyl (C=O) groups excluding carboxylic acids is 1. The minimum Gasteiger partial charge on any atom is -0.352 e. The minimum atomic E-state index is -3.52. The van der Waals surface area contributed by atoms with Crippen molar-refractivity contribution in [1.82, 2.24) is 19.4 Å². The number of hydrogen-bond acceptors (Lipinski definition) is 4. The number of sulfonamides is 1. The summed E-state index contributed by atoms with van der Waals surface area (Å²) in [4.78, 5) is 12.6. The molecule has 1 heterocycles. The van der Waals surface area contributed by atoms with Gasteiger partial charge in [-0.1, -0.05) is 26.0 Å². The summed E-state index contributed by atoms with van der Waals surface area (Å²) in [5.41, 5.74) is 2.52. The highest BCUT2D eigenvalue weighted by Gasteiger charge is 2.21. The third-order valence-corrected chi connectivity index (χ3v) is 6.93. The van der Waals surface area contributed by atoms with Gasteiger partial charge in [-0.05, 0) is 54.4 Å². The monoisotopic (exact) mass is 426 g/mol. The van der Waals surface area contributed by atoms with Crippen LogP contribution in [0.5, 0.6) is 0 Å². The molecule has 158 valence electrons. The van der Waals surface area contributed by atoms with E-state index >= 15 is 0 Å². The van der Waals surface area contributed by atoms with Crippen LogP contribution in [0.15, 0.2) is 71.9 Å². The molecule has 0 bridgehead atoms. The van der Waals surface area contributed by atoms with Gasteiger partial charge in [-0.25, -0.2) is 13.1 Å². The van der Waals surface area contributed by atoms with Crippen LogP contribution in [0.3, 0.4) is 0 Å². The Labute approximate surface area is 177 Å². The van der Waals surface area contributed by atoms with Gasteiger partial charge in [0.05, 0.1) is 10.6 Å². The van der Waals surface area contributed by atoms with E-state index in [2.05, 4.69) is 10.4 Å². The van der Waals surface area contributed by atoms with Crippen molar-refractivity contribution < 1.29 is 13.2 Å². The summed E-state index contributed by atoms with van der Waals surface area (Å²) >= 11 is 0. The van der Waals surface area contributed by atoms with Gasteiger partial charge in [-0.3, -0.25) is 4.79 Å². The molecule has 0 unspecified atom stereocenters. The van der Waals surface area contributed by atoms with Crippen molar-refractivity contribution in [1.29, 1.82) is 0 Å². The fourth-order valence-corrected chi connectivity index (χ4v) is 4.61. The topological polar surface area (TPSA) is 84.3 Å². The molecule has 3 rings (SSSR count). The average Bonchev–Trinajstić information content (AvgIpc) is 3.30. The molecule has 0 saturated carbocycles. The van der Waals surface area contributed by atoms with Crippen molar-refractivity contribution in [3.63, 3.8) is 0 Å². The number of rotatable bonds is 9. The third-order valence-electron chi connectivity index (χ3n) is 4.86. The summed E-state index contributed by atoms with van der Waals surface area (Å²) in [7, 11) is -3.52. The van der Waals surface area contributed by atoms with Crippen LogP contribution >= 0.6 is 0 Å². The molecular weight excluding hydrogens is 400 g/mol. The van der Waals surface area contributed by atoms with Gasteiger partial charge in [0.15, 0.2) is 0 Å². The molecule has 0 radical (unpaired) electrons. The predicted octanol–water partition coefficient (Wildman–Crippen LogP) is 2.88. The molecule has 0 aliphatic carbocycles. The summed E-state index contributed by atoms with van der Waals surface area (Å²) in [5.74, 6) is -0.227. The van der Waals surface area contributed by atoms with Crippen molar-refractivity contribution in [3.05, 3.63) is 78.1 Å². The van der Waals surface area contributed by atoms with Gasteiger partial charge in [0, 0.05) is 37.6 Å². The Morgan fingerprint density at radius 2 is 1.70 bits per heavy atom. The summed E-state index contributed by atoms with van der Waals surface area (Å²) in [5, 5.41) is 7.07. The molecule has 0 fully saturated rings. The van der Waals surface area contributed by atoms with Gasteiger partial charge in [0.25, 0.3) is 5.91 Å². The molecule has 1 N–H and O–H groups in total. The van der Waals surface area contributed by atoms with E-state index in [4.69, 9.17) is 0 Å². The lowest BCUT2D eigenvalue weighted by atomic mass is 10.1. The van der Waals surface area contributed by atoms with E-state index in [0.29, 0.717) is 31.6 Å². The second-order valence-electron chi connectivity index (χ2n) is 6.74. The maximum atomic E-state index is 12.5. The quantitative estimate of drug-likeness (QED) is 0.570. The first-order chi connectivity index (χ1) is 14.5. The molecule has 3 aromatic rings. The zero-order valence-electron chi connectivity index (χ0n) is 17.2. The van der Waals surface area contributed by atoms with Crippen molar-refractivity contribution in [3.8, 4) is 5.69 Å². The van der Waals surface area contributed by atoms with Gasteiger partial charge in [0.2, 0.25) is 10.0 Å². The fourth-order valence-electron chi connectivity index (χ4n) is 3.15. The van der Waals surface area contributed by atoms with E-state index in [1.54, 1.807) is 36.9 Å². The van der Waals surface area contributed by atoms with E-state index in [9.17, 15) is 13.2 Å². The highest BCUT2D eigenvalue weighted by molar-refractivity contribution is 7.89. The molecule has 2 aromatic carbocycles. The van der Waals surface area contributed by atoms with E-state index < -0.39 is 10.0 Å². The predicted molar refractivity (Wildman–Crippen MR) is 116 cm³/mol. The lowest BCUT2D eigenvalue weighted by Crippen LogP contribution is -2.30. The number of carbonyl (C=O) groups is 1. The number of amides is 1. The lowest BCUT2D eigenvalue weighted by Gasteiger charge is -2.18. The molecule has 8 heteroatoms. The Bertz CT molecular complexity index is 1060. The molecule has 7 nitrogen and oxygen atoms in total. The van der Waals surface area contributed by atoms with E-state index in [1.807, 2.05) is 36.5 Å². The second kappa shape index (κ2) is 9.69. The van der Waals surface area contributed by atoms with Crippen LogP contribution in [0, 0.1) is 0 Å². The third kappa shape index (κ3) is 4.95. The van der Waals surface area contributed by atoms with Crippen LogP contribution in [0.1, 0.15) is 29.8 Å². The molecule has 0 aliphatic heterocycles. The number of aromatic nitrogens is 2. The first-order valence-electron chi connectivity index (χ1n) is 9.93. The zero-order valence-corrected chi connectivity index (χ0v) is 18.0. The van der Waals surface area contributed by atoms with Crippen molar-refractivity contribution >= 4 is 15.9 Å². The SMILES string of the molecule is CCN(CC)S(=O)(=O)c1ccc(C(=O)NCCc2ccc(-n3cccn3)cc2)cc1. The van der Waals surface area contributed by atoms with E-state index in [0.717, 1.165) is 11.3 Å². The maximum Gasteiger partial charge on any atom is 0.251 e. The van der Waals surface area contributed by atoms with Crippen LogP contribution < -0.4 is 5.32 Å². The van der Waals surface area contributed by atoms with Crippen molar-refractivity contribution in [2.45, 2.75) is 25.2 Å². The standard InChI is InChI=1S/C22H26N4O3S/c1-3-25(4-2)30(28,29)21-12-8-19(9-13-21)22(27)23-16-14-18-6-10-20(11-7-18)26-17-5-15-24-26/h5-13,15,17H,3-4,14,16H2,1-2H3,(H,23,27). The van der Waals surface area contributed by atoms with Gasteiger partial charge < -0.3 is 5.32 Å².